The number of nitrogens with zero attached hydrogens (tertiary/aromatic N) is 1. The second-order valence-corrected chi connectivity index (χ2v) is 10.4. The lowest BCUT2D eigenvalue weighted by Gasteiger charge is -2.23. The molecular weight excluding hydrogens is 509 g/mol. The van der Waals surface area contributed by atoms with Gasteiger partial charge in [0, 0.05) is 24.3 Å². The van der Waals surface area contributed by atoms with Gasteiger partial charge in [-0.25, -0.2) is 21.8 Å². The highest BCUT2D eigenvalue weighted by Gasteiger charge is 2.34. The third kappa shape index (κ3) is 6.55. The van der Waals surface area contributed by atoms with Crippen molar-refractivity contribution in [1.82, 2.24) is 4.31 Å². The second-order valence-electron chi connectivity index (χ2n) is 6.88. The van der Waals surface area contributed by atoms with Crippen molar-refractivity contribution in [3.63, 3.8) is 0 Å². The van der Waals surface area contributed by atoms with E-state index >= 15 is 0 Å². The van der Waals surface area contributed by atoms with Crippen LogP contribution in [-0.4, -0.2) is 60.8 Å². The van der Waals surface area contributed by atoms with E-state index in [2.05, 4.69) is 9.84 Å². The molecular formula is C18H18ClF2N2O8PS. The second kappa shape index (κ2) is 10.1. The molecule has 3 rings (SSSR count). The molecule has 0 saturated carbocycles. The first-order valence-electron chi connectivity index (χ1n) is 9.24. The minimum absolute atomic E-state index is 0.127. The third-order valence-corrected chi connectivity index (χ3v) is 7.21. The average Bonchev–Trinajstić information content (AvgIpc) is 2.95. The van der Waals surface area contributed by atoms with Gasteiger partial charge in [-0.15, -0.1) is 0 Å². The highest BCUT2D eigenvalue weighted by atomic mass is 35.5. The molecule has 33 heavy (non-hydrogen) atoms. The van der Waals surface area contributed by atoms with E-state index in [1.165, 1.54) is 6.07 Å². The fourth-order valence-corrected chi connectivity index (χ4v) is 5.23. The number of benzene rings is 2. The Morgan fingerprint density at radius 3 is 2.58 bits per heavy atom. The molecule has 0 radical (unpaired) electrons. The maximum Gasteiger partial charge on any atom is 0.469 e. The van der Waals surface area contributed by atoms with Gasteiger partial charge in [0.1, 0.15) is 22.6 Å². The molecule has 1 aliphatic heterocycles. The van der Waals surface area contributed by atoms with E-state index < -0.39 is 52.9 Å². The minimum atomic E-state index is -4.94. The van der Waals surface area contributed by atoms with Gasteiger partial charge in [-0.2, -0.15) is 4.31 Å². The number of halogens is 3. The van der Waals surface area contributed by atoms with Crippen LogP contribution in [0.3, 0.4) is 0 Å². The summed E-state index contributed by atoms with van der Waals surface area (Å²) in [6.45, 7) is -1.18. The number of rotatable bonds is 6. The van der Waals surface area contributed by atoms with Gasteiger partial charge >= 0.3 is 7.82 Å². The maximum atomic E-state index is 14.5. The number of nitrogens with one attached hydrogen (secondary N) is 1. The molecule has 1 unspecified atom stereocenters. The summed E-state index contributed by atoms with van der Waals surface area (Å²) >= 11 is 5.67. The van der Waals surface area contributed by atoms with Crippen molar-refractivity contribution < 1.29 is 45.6 Å². The fourth-order valence-electron chi connectivity index (χ4n) is 2.99. The predicted molar refractivity (Wildman–Crippen MR) is 112 cm³/mol. The Morgan fingerprint density at radius 1 is 1.21 bits per heavy atom. The Hall–Kier alpha value is -1.96. The SMILES string of the molecule is O=C(Nc1ccc(F)c(Cl)c1)c1ccc(F)c(S(=O)(=O)N2CCOCC(OP(=O)(O)O)C2)c1. The molecule has 1 saturated heterocycles. The summed E-state index contributed by atoms with van der Waals surface area (Å²) in [5.74, 6) is -2.66. The molecule has 2 aromatic rings. The van der Waals surface area contributed by atoms with Crippen LogP contribution < -0.4 is 5.32 Å². The summed E-state index contributed by atoms with van der Waals surface area (Å²) < 4.78 is 75.5. The first-order chi connectivity index (χ1) is 15.4. The minimum Gasteiger partial charge on any atom is -0.377 e. The molecule has 180 valence electrons. The van der Waals surface area contributed by atoms with Gasteiger partial charge in [-0.1, -0.05) is 11.6 Å². The van der Waals surface area contributed by atoms with Crippen LogP contribution in [0.25, 0.3) is 0 Å². The van der Waals surface area contributed by atoms with Gasteiger partial charge in [0.25, 0.3) is 5.91 Å². The number of anilines is 1. The molecule has 0 spiro atoms. The molecule has 0 aliphatic carbocycles. The van der Waals surface area contributed by atoms with E-state index in [1.54, 1.807) is 0 Å². The molecule has 3 N–H and O–H groups in total. The lowest BCUT2D eigenvalue weighted by Crippen LogP contribution is -2.39. The van der Waals surface area contributed by atoms with E-state index in [0.29, 0.717) is 0 Å². The lowest BCUT2D eigenvalue weighted by atomic mass is 10.2. The van der Waals surface area contributed by atoms with Gasteiger partial charge in [0.2, 0.25) is 10.0 Å². The first kappa shape index (κ1) is 25.7. The van der Waals surface area contributed by atoms with Crippen molar-refractivity contribution in [2.75, 3.05) is 31.6 Å². The number of carbonyl (C=O) groups is 1. The average molecular weight is 527 g/mol. The standard InChI is InChI=1S/C18H18ClF2N2O8PS/c19-14-8-12(2-4-15(14)20)22-18(24)11-1-3-16(21)17(7-11)33(28,29)23-5-6-30-10-13(9-23)31-32(25,26)27/h1-4,7-8,13H,5-6,9-10H2,(H,22,24)(H2,25,26,27). The van der Waals surface area contributed by atoms with Crippen LogP contribution in [0.15, 0.2) is 41.3 Å². The third-order valence-electron chi connectivity index (χ3n) is 4.47. The maximum absolute atomic E-state index is 14.5. The van der Waals surface area contributed by atoms with Crippen molar-refractivity contribution >= 4 is 41.0 Å². The van der Waals surface area contributed by atoms with Crippen molar-refractivity contribution in [2.24, 2.45) is 0 Å². The Kier molecular flexibility index (Phi) is 7.87. The molecule has 15 heteroatoms. The summed E-state index contributed by atoms with van der Waals surface area (Å²) in [6, 6.07) is 6.07. The fraction of sp³-hybridized carbons (Fsp3) is 0.278. The van der Waals surface area contributed by atoms with Crippen LogP contribution in [0.5, 0.6) is 0 Å². The topological polar surface area (TPSA) is 142 Å². The highest BCUT2D eigenvalue weighted by molar-refractivity contribution is 7.89. The molecule has 0 bridgehead atoms. The quantitative estimate of drug-likeness (QED) is 0.487. The number of amides is 1. The number of hydrogen-bond donors (Lipinski definition) is 3. The zero-order valence-electron chi connectivity index (χ0n) is 16.7. The van der Waals surface area contributed by atoms with Gasteiger partial charge in [0.15, 0.2) is 0 Å². The van der Waals surface area contributed by atoms with Gasteiger partial charge < -0.3 is 19.8 Å². The highest BCUT2D eigenvalue weighted by Crippen LogP contribution is 2.38. The number of hydrogen-bond acceptors (Lipinski definition) is 6. The summed E-state index contributed by atoms with van der Waals surface area (Å²) in [4.78, 5) is 29.7. The van der Waals surface area contributed by atoms with Gasteiger partial charge in [-0.05, 0) is 36.4 Å². The molecule has 10 nitrogen and oxygen atoms in total. The van der Waals surface area contributed by atoms with Gasteiger partial charge in [0.05, 0.1) is 18.2 Å². The van der Waals surface area contributed by atoms with E-state index in [-0.39, 0.29) is 36.0 Å². The van der Waals surface area contributed by atoms with Crippen LogP contribution in [0.2, 0.25) is 5.02 Å². The monoisotopic (exact) mass is 526 g/mol. The molecule has 0 aromatic heterocycles. The zero-order valence-corrected chi connectivity index (χ0v) is 19.1. The van der Waals surface area contributed by atoms with E-state index in [1.807, 2.05) is 0 Å². The Bertz CT molecular complexity index is 1210. The summed E-state index contributed by atoms with van der Waals surface area (Å²) in [6.07, 6.45) is -1.30. The largest absolute Gasteiger partial charge is 0.469 e. The van der Waals surface area contributed by atoms with Gasteiger partial charge in [-0.3, -0.25) is 9.32 Å². The lowest BCUT2D eigenvalue weighted by molar-refractivity contribution is 0.0519. The number of ether oxygens (including phenoxy) is 1. The van der Waals surface area contributed by atoms with Crippen molar-refractivity contribution in [3.8, 4) is 0 Å². The predicted octanol–water partition coefficient (Wildman–Crippen LogP) is 2.37. The van der Waals surface area contributed by atoms with E-state index in [9.17, 15) is 26.6 Å². The molecule has 2 aromatic carbocycles. The number of sulfonamides is 1. The van der Waals surface area contributed by atoms with Crippen molar-refractivity contribution in [1.29, 1.82) is 0 Å². The molecule has 1 aliphatic rings. The molecule has 1 atom stereocenters. The summed E-state index contributed by atoms with van der Waals surface area (Å²) in [7, 11) is -9.49. The van der Waals surface area contributed by atoms with Crippen LogP contribution in [0.1, 0.15) is 10.4 Å². The van der Waals surface area contributed by atoms with E-state index in [0.717, 1.165) is 34.6 Å². The molecule has 1 amide bonds. The molecule has 1 heterocycles. The Balaban J connectivity index is 1.87. The van der Waals surface area contributed by atoms with Crippen LogP contribution in [-0.2, 0) is 23.8 Å². The number of phosphoric ester groups is 1. The Morgan fingerprint density at radius 2 is 1.91 bits per heavy atom. The van der Waals surface area contributed by atoms with Crippen molar-refractivity contribution in [2.45, 2.75) is 11.0 Å². The first-order valence-corrected chi connectivity index (χ1v) is 12.6. The molecule has 1 fully saturated rings. The van der Waals surface area contributed by atoms with Crippen LogP contribution in [0.4, 0.5) is 14.5 Å². The van der Waals surface area contributed by atoms with Crippen LogP contribution in [0, 0.1) is 11.6 Å². The van der Waals surface area contributed by atoms with Crippen molar-refractivity contribution in [3.05, 3.63) is 58.6 Å². The zero-order chi connectivity index (χ0) is 24.4. The normalized spacial score (nSPS) is 18.0. The summed E-state index contributed by atoms with van der Waals surface area (Å²) in [5, 5.41) is 2.15. The smallest absolute Gasteiger partial charge is 0.377 e. The van der Waals surface area contributed by atoms with Crippen LogP contribution >= 0.6 is 19.4 Å². The summed E-state index contributed by atoms with van der Waals surface area (Å²) in [5.41, 5.74) is -0.0910. The number of phosphoric acid groups is 1. The van der Waals surface area contributed by atoms with E-state index in [4.69, 9.17) is 26.1 Å². The Labute approximate surface area is 192 Å². The number of carbonyl (C=O) groups excluding carboxylic acids is 1.